The van der Waals surface area contributed by atoms with Crippen LogP contribution in [0.4, 0.5) is 0 Å². The first-order valence-corrected chi connectivity index (χ1v) is 9.69. The number of rotatable bonds is 12. The number of nitriles is 1. The average molecular weight is 291 g/mol. The minimum atomic E-state index is -2.44. The molecule has 0 N–H and O–H groups in total. The highest BCUT2D eigenvalue weighted by Gasteiger charge is 2.39. The molecule has 6 heteroatoms. The van der Waals surface area contributed by atoms with Crippen molar-refractivity contribution >= 4 is 20.6 Å². The summed E-state index contributed by atoms with van der Waals surface area (Å²) >= 11 is 1.81. The maximum Gasteiger partial charge on any atom is 0.500 e. The monoisotopic (exact) mass is 291 g/mol. The maximum atomic E-state index is 8.45. The maximum absolute atomic E-state index is 8.45. The standard InChI is InChI=1S/C12H25NO3SSi/c1-4-14-18(15-5-2,16-6-3)12-8-11-17-10-7-9-13/h4-8,10-12H2,1-3H3. The summed E-state index contributed by atoms with van der Waals surface area (Å²) in [5.41, 5.74) is 0. The first kappa shape index (κ1) is 17.9. The molecule has 0 aliphatic rings. The molecule has 0 aliphatic carbocycles. The Kier molecular flexibility index (Phi) is 12.0. The Balaban J connectivity index is 4.01. The molecule has 18 heavy (non-hydrogen) atoms. The van der Waals surface area contributed by atoms with E-state index in [0.29, 0.717) is 26.2 Å². The van der Waals surface area contributed by atoms with Crippen LogP contribution in [0.2, 0.25) is 6.04 Å². The fourth-order valence-electron chi connectivity index (χ4n) is 1.61. The molecular formula is C12H25NO3SSi. The third kappa shape index (κ3) is 8.11. The minimum Gasteiger partial charge on any atom is -0.374 e. The summed E-state index contributed by atoms with van der Waals surface area (Å²) in [6.07, 6.45) is 1.64. The molecule has 106 valence electrons. The van der Waals surface area contributed by atoms with Crippen LogP contribution in [0.25, 0.3) is 0 Å². The van der Waals surface area contributed by atoms with Crippen molar-refractivity contribution in [3.63, 3.8) is 0 Å². The zero-order valence-electron chi connectivity index (χ0n) is 11.7. The molecule has 0 spiro atoms. The van der Waals surface area contributed by atoms with Gasteiger partial charge in [-0.15, -0.1) is 0 Å². The molecular weight excluding hydrogens is 266 g/mol. The van der Waals surface area contributed by atoms with Gasteiger partial charge >= 0.3 is 8.80 Å². The van der Waals surface area contributed by atoms with Gasteiger partial charge in [0.25, 0.3) is 0 Å². The van der Waals surface area contributed by atoms with E-state index in [4.69, 9.17) is 18.5 Å². The van der Waals surface area contributed by atoms with Crippen LogP contribution >= 0.6 is 11.8 Å². The summed E-state index contributed by atoms with van der Waals surface area (Å²) < 4.78 is 17.3. The zero-order chi connectivity index (χ0) is 13.7. The van der Waals surface area contributed by atoms with Crippen molar-refractivity contribution in [1.82, 2.24) is 0 Å². The van der Waals surface area contributed by atoms with Crippen LogP contribution < -0.4 is 0 Å². The first-order chi connectivity index (χ1) is 8.74. The topological polar surface area (TPSA) is 51.5 Å². The minimum absolute atomic E-state index is 0.621. The van der Waals surface area contributed by atoms with Gasteiger partial charge in [0.2, 0.25) is 0 Å². The smallest absolute Gasteiger partial charge is 0.374 e. The summed E-state index contributed by atoms with van der Waals surface area (Å²) in [5.74, 6) is 1.94. The third-order valence-corrected chi connectivity index (χ3v) is 6.44. The Morgan fingerprint density at radius 3 is 2.00 bits per heavy atom. The predicted octanol–water partition coefficient (Wildman–Crippen LogP) is 3.07. The van der Waals surface area contributed by atoms with E-state index in [0.717, 1.165) is 24.0 Å². The van der Waals surface area contributed by atoms with Gasteiger partial charge in [0, 0.05) is 38.0 Å². The molecule has 0 aliphatic heterocycles. The van der Waals surface area contributed by atoms with Gasteiger partial charge in [-0.25, -0.2) is 0 Å². The van der Waals surface area contributed by atoms with Crippen molar-refractivity contribution in [3.05, 3.63) is 0 Å². The van der Waals surface area contributed by atoms with E-state index in [-0.39, 0.29) is 0 Å². The fourth-order valence-corrected chi connectivity index (χ4v) is 5.27. The summed E-state index contributed by atoms with van der Waals surface area (Å²) in [7, 11) is -2.44. The normalized spacial score (nSPS) is 11.4. The van der Waals surface area contributed by atoms with Crippen LogP contribution in [0.1, 0.15) is 33.6 Å². The Bertz CT molecular complexity index is 219. The lowest BCUT2D eigenvalue weighted by atomic mass is 10.6. The molecule has 0 atom stereocenters. The number of hydrogen-bond acceptors (Lipinski definition) is 5. The molecule has 0 saturated carbocycles. The van der Waals surface area contributed by atoms with Crippen molar-refractivity contribution in [1.29, 1.82) is 5.26 Å². The second-order valence-electron chi connectivity index (χ2n) is 3.61. The van der Waals surface area contributed by atoms with Gasteiger partial charge in [-0.1, -0.05) is 0 Å². The van der Waals surface area contributed by atoms with Gasteiger partial charge in [0.1, 0.15) is 0 Å². The zero-order valence-corrected chi connectivity index (χ0v) is 13.6. The van der Waals surface area contributed by atoms with Crippen molar-refractivity contribution in [2.45, 2.75) is 39.7 Å². The fraction of sp³-hybridized carbons (Fsp3) is 0.917. The number of nitrogens with zero attached hydrogens (tertiary/aromatic N) is 1. The van der Waals surface area contributed by atoms with Gasteiger partial charge < -0.3 is 13.3 Å². The highest BCUT2D eigenvalue weighted by Crippen LogP contribution is 2.20. The second-order valence-corrected chi connectivity index (χ2v) is 7.56. The molecule has 0 unspecified atom stereocenters. The highest BCUT2D eigenvalue weighted by molar-refractivity contribution is 7.99. The Labute approximate surface area is 116 Å². The van der Waals surface area contributed by atoms with E-state index in [9.17, 15) is 0 Å². The molecule has 0 heterocycles. The lowest BCUT2D eigenvalue weighted by molar-refractivity contribution is 0.0712. The molecule has 0 bridgehead atoms. The van der Waals surface area contributed by atoms with Gasteiger partial charge in [-0.2, -0.15) is 17.0 Å². The Hall–Kier alpha value is -0.0631. The second kappa shape index (κ2) is 12.0. The van der Waals surface area contributed by atoms with Crippen LogP contribution in [0.5, 0.6) is 0 Å². The van der Waals surface area contributed by atoms with Gasteiger partial charge in [-0.3, -0.25) is 0 Å². The van der Waals surface area contributed by atoms with E-state index in [1.54, 1.807) is 11.8 Å². The average Bonchev–Trinajstić information content (AvgIpc) is 2.35. The van der Waals surface area contributed by atoms with E-state index >= 15 is 0 Å². The summed E-state index contributed by atoms with van der Waals surface area (Å²) in [6.45, 7) is 7.82. The highest BCUT2D eigenvalue weighted by atomic mass is 32.2. The number of hydrogen-bond donors (Lipinski definition) is 0. The molecule has 0 radical (unpaired) electrons. The lowest BCUT2D eigenvalue weighted by Crippen LogP contribution is -2.46. The first-order valence-electron chi connectivity index (χ1n) is 6.61. The molecule has 4 nitrogen and oxygen atoms in total. The predicted molar refractivity (Wildman–Crippen MR) is 77.6 cm³/mol. The van der Waals surface area contributed by atoms with Crippen LogP contribution in [-0.4, -0.2) is 40.1 Å². The summed E-state index contributed by atoms with van der Waals surface area (Å²) in [4.78, 5) is 0. The summed E-state index contributed by atoms with van der Waals surface area (Å²) in [6, 6.07) is 3.01. The summed E-state index contributed by atoms with van der Waals surface area (Å²) in [5, 5.41) is 8.45. The molecule has 0 amide bonds. The van der Waals surface area contributed by atoms with Crippen molar-refractivity contribution in [2.24, 2.45) is 0 Å². The molecule has 0 rings (SSSR count). The van der Waals surface area contributed by atoms with Crippen LogP contribution in [0, 0.1) is 11.3 Å². The molecule has 0 aromatic heterocycles. The lowest BCUT2D eigenvalue weighted by Gasteiger charge is -2.28. The van der Waals surface area contributed by atoms with E-state index in [1.807, 2.05) is 20.8 Å². The molecule has 0 fully saturated rings. The molecule has 0 aromatic rings. The van der Waals surface area contributed by atoms with Gasteiger partial charge in [-0.05, 0) is 32.9 Å². The van der Waals surface area contributed by atoms with E-state index < -0.39 is 8.80 Å². The number of thioether (sulfide) groups is 1. The molecule has 0 aromatic carbocycles. The molecule has 0 saturated heterocycles. The Morgan fingerprint density at radius 1 is 1.00 bits per heavy atom. The third-order valence-electron chi connectivity index (χ3n) is 2.22. The largest absolute Gasteiger partial charge is 0.500 e. The van der Waals surface area contributed by atoms with Crippen molar-refractivity contribution in [2.75, 3.05) is 31.3 Å². The quantitative estimate of drug-likeness (QED) is 0.408. The van der Waals surface area contributed by atoms with Gasteiger partial charge in [0.15, 0.2) is 0 Å². The van der Waals surface area contributed by atoms with Crippen LogP contribution in [-0.2, 0) is 13.3 Å². The van der Waals surface area contributed by atoms with Crippen LogP contribution in [0.15, 0.2) is 0 Å². The van der Waals surface area contributed by atoms with Gasteiger partial charge in [0.05, 0.1) is 6.07 Å². The SMILES string of the molecule is CCO[Si](CCCSCCC#N)(OCC)OCC. The van der Waals surface area contributed by atoms with Crippen molar-refractivity contribution < 1.29 is 13.3 Å². The van der Waals surface area contributed by atoms with Crippen LogP contribution in [0.3, 0.4) is 0 Å². The Morgan fingerprint density at radius 2 is 1.56 bits per heavy atom. The van der Waals surface area contributed by atoms with Crippen molar-refractivity contribution in [3.8, 4) is 6.07 Å². The van der Waals surface area contributed by atoms with E-state index in [1.165, 1.54) is 0 Å². The van der Waals surface area contributed by atoms with E-state index in [2.05, 4.69) is 6.07 Å².